The van der Waals surface area contributed by atoms with Crippen molar-refractivity contribution in [3.8, 4) is 0 Å². The van der Waals surface area contributed by atoms with Gasteiger partial charge in [0.25, 0.3) is 0 Å². The third-order valence-corrected chi connectivity index (χ3v) is 3.61. The van der Waals surface area contributed by atoms with Gasteiger partial charge < -0.3 is 10.3 Å². The summed E-state index contributed by atoms with van der Waals surface area (Å²) in [6, 6.07) is 5.92. The lowest BCUT2D eigenvalue weighted by Gasteiger charge is -2.11. The second-order valence-corrected chi connectivity index (χ2v) is 4.88. The first-order valence-electron chi connectivity index (χ1n) is 5.86. The Kier molecular flexibility index (Phi) is 2.68. The molecule has 2 heterocycles. The van der Waals surface area contributed by atoms with E-state index in [-0.39, 0.29) is 5.69 Å². The van der Waals surface area contributed by atoms with Gasteiger partial charge in [-0.2, -0.15) is 0 Å². The molecular formula is C12H14ClN3O. The fourth-order valence-corrected chi connectivity index (χ4v) is 2.76. The fourth-order valence-electron chi connectivity index (χ4n) is 2.48. The standard InChI is InChI=1S/C12H14ClN3O/c13-9-4-1-5-10-11(9)16(12(17)15-10)7-8-3-2-6-14-8/h1,4-5,8,14H,2-3,6-7H2,(H,15,17). The van der Waals surface area contributed by atoms with E-state index >= 15 is 0 Å². The van der Waals surface area contributed by atoms with Crippen LogP contribution in [-0.2, 0) is 6.54 Å². The van der Waals surface area contributed by atoms with Crippen molar-refractivity contribution in [3.63, 3.8) is 0 Å². The van der Waals surface area contributed by atoms with Gasteiger partial charge in [-0.05, 0) is 31.5 Å². The first kappa shape index (κ1) is 10.9. The molecule has 2 N–H and O–H groups in total. The summed E-state index contributed by atoms with van der Waals surface area (Å²) in [5.41, 5.74) is 1.54. The zero-order chi connectivity index (χ0) is 11.8. The fraction of sp³-hybridized carbons (Fsp3) is 0.417. The predicted octanol–water partition coefficient (Wildman–Crippen LogP) is 1.73. The van der Waals surface area contributed by atoms with E-state index in [9.17, 15) is 4.79 Å². The Labute approximate surface area is 104 Å². The molecule has 0 spiro atoms. The molecule has 2 aromatic rings. The number of imidazole rings is 1. The number of para-hydroxylation sites is 1. The maximum absolute atomic E-state index is 11.9. The normalized spacial score (nSPS) is 20.2. The van der Waals surface area contributed by atoms with E-state index < -0.39 is 0 Å². The van der Waals surface area contributed by atoms with Gasteiger partial charge in [0.15, 0.2) is 0 Å². The molecule has 0 bridgehead atoms. The predicted molar refractivity (Wildman–Crippen MR) is 68.6 cm³/mol. The number of H-pyrrole nitrogens is 1. The van der Waals surface area contributed by atoms with Crippen molar-refractivity contribution in [2.24, 2.45) is 0 Å². The molecule has 5 heteroatoms. The molecular weight excluding hydrogens is 238 g/mol. The summed E-state index contributed by atoms with van der Waals surface area (Å²) in [5, 5.41) is 4.01. The Hall–Kier alpha value is -1.26. The minimum Gasteiger partial charge on any atom is -0.312 e. The van der Waals surface area contributed by atoms with Crippen LogP contribution < -0.4 is 11.0 Å². The van der Waals surface area contributed by atoms with Crippen molar-refractivity contribution in [2.75, 3.05) is 6.54 Å². The molecule has 1 saturated heterocycles. The Morgan fingerprint density at radius 2 is 2.35 bits per heavy atom. The van der Waals surface area contributed by atoms with Crippen LogP contribution >= 0.6 is 11.6 Å². The van der Waals surface area contributed by atoms with Crippen LogP contribution in [0.25, 0.3) is 11.0 Å². The number of nitrogens with zero attached hydrogens (tertiary/aromatic N) is 1. The van der Waals surface area contributed by atoms with Crippen LogP contribution in [-0.4, -0.2) is 22.1 Å². The summed E-state index contributed by atoms with van der Waals surface area (Å²) >= 11 is 6.16. The molecule has 1 aliphatic rings. The van der Waals surface area contributed by atoms with Gasteiger partial charge in [-0.15, -0.1) is 0 Å². The number of halogens is 1. The summed E-state index contributed by atoms with van der Waals surface area (Å²) in [7, 11) is 0. The zero-order valence-corrected chi connectivity index (χ0v) is 10.1. The van der Waals surface area contributed by atoms with Crippen LogP contribution in [0.5, 0.6) is 0 Å². The van der Waals surface area contributed by atoms with Crippen molar-refractivity contribution in [1.29, 1.82) is 0 Å². The first-order valence-corrected chi connectivity index (χ1v) is 6.24. The van der Waals surface area contributed by atoms with Gasteiger partial charge in [-0.3, -0.25) is 4.57 Å². The van der Waals surface area contributed by atoms with Gasteiger partial charge in [0.2, 0.25) is 0 Å². The van der Waals surface area contributed by atoms with Crippen LogP contribution in [0.4, 0.5) is 0 Å². The first-order chi connectivity index (χ1) is 8.25. The van der Waals surface area contributed by atoms with Crippen LogP contribution in [0, 0.1) is 0 Å². The van der Waals surface area contributed by atoms with Gasteiger partial charge in [0.05, 0.1) is 16.1 Å². The third kappa shape index (κ3) is 1.87. The largest absolute Gasteiger partial charge is 0.326 e. The second kappa shape index (κ2) is 4.20. The summed E-state index contributed by atoms with van der Waals surface area (Å²) in [4.78, 5) is 14.7. The summed E-state index contributed by atoms with van der Waals surface area (Å²) in [6.07, 6.45) is 2.29. The lowest BCUT2D eigenvalue weighted by molar-refractivity contribution is 0.509. The van der Waals surface area contributed by atoms with Crippen molar-refractivity contribution < 1.29 is 0 Å². The topological polar surface area (TPSA) is 49.8 Å². The van der Waals surface area contributed by atoms with E-state index in [1.165, 1.54) is 6.42 Å². The number of aromatic amines is 1. The second-order valence-electron chi connectivity index (χ2n) is 4.47. The Morgan fingerprint density at radius 1 is 1.47 bits per heavy atom. The molecule has 0 aliphatic carbocycles. The Morgan fingerprint density at radius 3 is 3.12 bits per heavy atom. The molecule has 17 heavy (non-hydrogen) atoms. The minimum atomic E-state index is -0.0817. The summed E-state index contributed by atoms with van der Waals surface area (Å²) in [5.74, 6) is 0. The number of rotatable bonds is 2. The maximum Gasteiger partial charge on any atom is 0.326 e. The van der Waals surface area contributed by atoms with Crippen molar-refractivity contribution in [2.45, 2.75) is 25.4 Å². The highest BCUT2D eigenvalue weighted by Gasteiger charge is 2.18. The molecule has 1 atom stereocenters. The average Bonchev–Trinajstić information content (AvgIpc) is 2.89. The van der Waals surface area contributed by atoms with Crippen LogP contribution in [0.3, 0.4) is 0 Å². The van der Waals surface area contributed by atoms with E-state index in [0.717, 1.165) is 24.0 Å². The van der Waals surface area contributed by atoms with E-state index in [0.29, 0.717) is 17.6 Å². The maximum atomic E-state index is 11.9. The summed E-state index contributed by atoms with van der Waals surface area (Å²) < 4.78 is 1.74. The molecule has 0 radical (unpaired) electrons. The lowest BCUT2D eigenvalue weighted by Crippen LogP contribution is -2.31. The summed E-state index contributed by atoms with van der Waals surface area (Å²) in [6.45, 7) is 1.72. The van der Waals surface area contributed by atoms with E-state index in [2.05, 4.69) is 10.3 Å². The van der Waals surface area contributed by atoms with Gasteiger partial charge in [0.1, 0.15) is 0 Å². The molecule has 1 aromatic carbocycles. The molecule has 0 amide bonds. The highest BCUT2D eigenvalue weighted by molar-refractivity contribution is 6.34. The number of nitrogens with one attached hydrogen (secondary N) is 2. The molecule has 90 valence electrons. The SMILES string of the molecule is O=c1[nH]c2cccc(Cl)c2n1CC1CCCN1. The quantitative estimate of drug-likeness (QED) is 0.854. The van der Waals surface area contributed by atoms with Gasteiger partial charge >= 0.3 is 5.69 Å². The molecule has 1 aliphatic heterocycles. The van der Waals surface area contributed by atoms with Crippen molar-refractivity contribution in [3.05, 3.63) is 33.7 Å². The highest BCUT2D eigenvalue weighted by atomic mass is 35.5. The third-order valence-electron chi connectivity index (χ3n) is 3.31. The zero-order valence-electron chi connectivity index (χ0n) is 9.37. The van der Waals surface area contributed by atoms with Gasteiger partial charge in [-0.1, -0.05) is 17.7 Å². The Balaban J connectivity index is 2.08. The molecule has 1 fully saturated rings. The van der Waals surface area contributed by atoms with Crippen molar-refractivity contribution >= 4 is 22.6 Å². The number of aromatic nitrogens is 2. The van der Waals surface area contributed by atoms with Crippen LogP contribution in [0.2, 0.25) is 5.02 Å². The molecule has 0 saturated carbocycles. The highest BCUT2D eigenvalue weighted by Crippen LogP contribution is 2.21. The number of hydrogen-bond acceptors (Lipinski definition) is 2. The van der Waals surface area contributed by atoms with Crippen molar-refractivity contribution in [1.82, 2.24) is 14.9 Å². The molecule has 4 nitrogen and oxygen atoms in total. The monoisotopic (exact) mass is 251 g/mol. The lowest BCUT2D eigenvalue weighted by atomic mass is 10.2. The molecule has 3 rings (SSSR count). The number of benzene rings is 1. The van der Waals surface area contributed by atoms with E-state index in [4.69, 9.17) is 11.6 Å². The minimum absolute atomic E-state index is 0.0817. The molecule has 1 unspecified atom stereocenters. The average molecular weight is 252 g/mol. The van der Waals surface area contributed by atoms with Crippen LogP contribution in [0.1, 0.15) is 12.8 Å². The number of fused-ring (bicyclic) bond motifs is 1. The number of hydrogen-bond donors (Lipinski definition) is 2. The molecule has 1 aromatic heterocycles. The van der Waals surface area contributed by atoms with Gasteiger partial charge in [-0.25, -0.2) is 4.79 Å². The van der Waals surface area contributed by atoms with Crippen LogP contribution in [0.15, 0.2) is 23.0 Å². The van der Waals surface area contributed by atoms with E-state index in [1.807, 2.05) is 18.2 Å². The Bertz CT molecular complexity index is 595. The smallest absolute Gasteiger partial charge is 0.312 e. The van der Waals surface area contributed by atoms with Gasteiger partial charge in [0, 0.05) is 12.6 Å². The van der Waals surface area contributed by atoms with E-state index in [1.54, 1.807) is 4.57 Å².